The first kappa shape index (κ1) is 42.6. The molecule has 0 aromatic carbocycles. The van der Waals surface area contributed by atoms with Gasteiger partial charge in [0.05, 0.1) is 18.8 Å². The van der Waals surface area contributed by atoms with Crippen LogP contribution in [0.5, 0.6) is 0 Å². The molecule has 0 rings (SSSR count). The van der Waals surface area contributed by atoms with E-state index in [9.17, 15) is 15.0 Å². The molecule has 4 nitrogen and oxygen atoms in total. The van der Waals surface area contributed by atoms with Gasteiger partial charge in [0.2, 0.25) is 5.91 Å². The van der Waals surface area contributed by atoms with Crippen molar-refractivity contribution in [1.82, 2.24) is 5.32 Å². The largest absolute Gasteiger partial charge is 0.394 e. The summed E-state index contributed by atoms with van der Waals surface area (Å²) in [6.07, 6.45) is 46.3. The van der Waals surface area contributed by atoms with Gasteiger partial charge in [-0.15, -0.1) is 0 Å². The highest BCUT2D eigenvalue weighted by molar-refractivity contribution is 5.76. The van der Waals surface area contributed by atoms with Gasteiger partial charge in [-0.3, -0.25) is 4.79 Å². The van der Waals surface area contributed by atoms with E-state index in [2.05, 4.69) is 55.6 Å². The summed E-state index contributed by atoms with van der Waals surface area (Å²) in [5.74, 6) is -0.0425. The van der Waals surface area contributed by atoms with Crippen LogP contribution in [0.4, 0.5) is 0 Å². The fraction of sp³-hybridized carbons (Fsp3) is 0.825. The summed E-state index contributed by atoms with van der Waals surface area (Å²) in [6, 6.07) is -0.537. The molecule has 0 spiro atoms. The molecule has 1 amide bonds. The van der Waals surface area contributed by atoms with Gasteiger partial charge in [-0.2, -0.15) is 0 Å². The predicted molar refractivity (Wildman–Crippen MR) is 193 cm³/mol. The smallest absolute Gasteiger partial charge is 0.220 e. The van der Waals surface area contributed by atoms with E-state index in [-0.39, 0.29) is 12.5 Å². The Morgan fingerprint density at radius 3 is 1.39 bits per heavy atom. The Bertz CT molecular complexity index is 672. The van der Waals surface area contributed by atoms with E-state index < -0.39 is 12.1 Å². The van der Waals surface area contributed by atoms with E-state index in [4.69, 9.17) is 0 Å². The molecule has 0 heterocycles. The number of carbonyl (C=O) groups excluding carboxylic acids is 1. The molecule has 0 aliphatic carbocycles. The Morgan fingerprint density at radius 2 is 0.932 bits per heavy atom. The molecular weight excluding hydrogens is 542 g/mol. The molecule has 4 heteroatoms. The Hall–Kier alpha value is -1.39. The number of hydrogen-bond donors (Lipinski definition) is 3. The van der Waals surface area contributed by atoms with Gasteiger partial charge in [-0.1, -0.05) is 172 Å². The zero-order valence-electron chi connectivity index (χ0n) is 29.4. The molecule has 0 aromatic heterocycles. The van der Waals surface area contributed by atoms with Crippen LogP contribution >= 0.6 is 0 Å². The second kappa shape index (κ2) is 36.1. The van der Waals surface area contributed by atoms with Crippen LogP contribution in [0, 0.1) is 0 Å². The lowest BCUT2D eigenvalue weighted by atomic mass is 10.0. The third-order valence-corrected chi connectivity index (χ3v) is 8.65. The molecule has 44 heavy (non-hydrogen) atoms. The standard InChI is InChI=1S/C40H75NO3/c1-3-5-7-9-11-13-14-15-16-17-18-19-20-21-22-23-24-25-26-28-30-32-34-36-40(44)41-38(37-42)39(43)35-33-31-29-27-12-10-8-6-4-2/h14-15,17-18,20-21,38-39,42-43H,3-13,16,19,22-37H2,1-2H3,(H,41,44)/b15-14-,18-17-,21-20-. The molecule has 0 fully saturated rings. The average molecular weight is 618 g/mol. The van der Waals surface area contributed by atoms with Crippen LogP contribution in [-0.2, 0) is 4.79 Å². The maximum absolute atomic E-state index is 12.3. The Kier molecular flexibility index (Phi) is 34.9. The quantitative estimate of drug-likeness (QED) is 0.0497. The zero-order valence-corrected chi connectivity index (χ0v) is 29.4. The molecule has 0 radical (unpaired) electrons. The van der Waals surface area contributed by atoms with Crippen molar-refractivity contribution in [3.63, 3.8) is 0 Å². The number of nitrogens with one attached hydrogen (secondary N) is 1. The van der Waals surface area contributed by atoms with E-state index in [0.717, 1.165) is 38.5 Å². The van der Waals surface area contributed by atoms with E-state index in [1.165, 1.54) is 128 Å². The first-order valence-electron chi connectivity index (χ1n) is 19.2. The summed E-state index contributed by atoms with van der Waals surface area (Å²) in [4.78, 5) is 12.3. The fourth-order valence-electron chi connectivity index (χ4n) is 5.66. The zero-order chi connectivity index (χ0) is 32.2. The average Bonchev–Trinajstić information content (AvgIpc) is 3.03. The third-order valence-electron chi connectivity index (χ3n) is 8.65. The lowest BCUT2D eigenvalue weighted by Crippen LogP contribution is -2.45. The first-order chi connectivity index (χ1) is 21.7. The Labute approximate surface area is 274 Å². The molecule has 0 saturated heterocycles. The van der Waals surface area contributed by atoms with E-state index in [0.29, 0.717) is 12.8 Å². The van der Waals surface area contributed by atoms with Crippen LogP contribution in [0.2, 0.25) is 0 Å². The first-order valence-corrected chi connectivity index (χ1v) is 19.2. The third kappa shape index (κ3) is 32.0. The highest BCUT2D eigenvalue weighted by Gasteiger charge is 2.19. The molecule has 0 aliphatic heterocycles. The van der Waals surface area contributed by atoms with Gasteiger partial charge in [0.1, 0.15) is 0 Å². The molecule has 0 saturated carbocycles. The summed E-state index contributed by atoms with van der Waals surface area (Å²) in [5.41, 5.74) is 0. The van der Waals surface area contributed by atoms with Crippen LogP contribution < -0.4 is 5.32 Å². The molecule has 258 valence electrons. The minimum Gasteiger partial charge on any atom is -0.394 e. The van der Waals surface area contributed by atoms with Crippen molar-refractivity contribution < 1.29 is 15.0 Å². The van der Waals surface area contributed by atoms with Crippen molar-refractivity contribution >= 4 is 5.91 Å². The van der Waals surface area contributed by atoms with Crippen molar-refractivity contribution in [2.24, 2.45) is 0 Å². The number of amides is 1. The number of unbranched alkanes of at least 4 members (excludes halogenated alkanes) is 21. The predicted octanol–water partition coefficient (Wildman–Crippen LogP) is 11.5. The maximum Gasteiger partial charge on any atom is 0.220 e. The Morgan fingerprint density at radius 1 is 0.545 bits per heavy atom. The van der Waals surface area contributed by atoms with Gasteiger partial charge in [0.25, 0.3) is 0 Å². The summed E-state index contributed by atoms with van der Waals surface area (Å²) in [5, 5.41) is 23.0. The van der Waals surface area contributed by atoms with Gasteiger partial charge in [-0.05, 0) is 51.4 Å². The van der Waals surface area contributed by atoms with Gasteiger partial charge < -0.3 is 15.5 Å². The van der Waals surface area contributed by atoms with Crippen molar-refractivity contribution in [2.45, 2.75) is 206 Å². The summed E-state index contributed by atoms with van der Waals surface area (Å²) < 4.78 is 0. The highest BCUT2D eigenvalue weighted by Crippen LogP contribution is 2.14. The SMILES string of the molecule is CCCCCCC/C=C\C/C=C\C/C=C\CCCCCCCCCCC(=O)NC(CO)C(O)CCCCCCCCCCC. The van der Waals surface area contributed by atoms with E-state index in [1.807, 2.05) is 0 Å². The molecule has 2 unspecified atom stereocenters. The number of rotatable bonds is 34. The molecule has 2 atom stereocenters. The molecule has 0 aromatic rings. The van der Waals surface area contributed by atoms with Gasteiger partial charge >= 0.3 is 0 Å². The monoisotopic (exact) mass is 618 g/mol. The van der Waals surface area contributed by atoms with Crippen molar-refractivity contribution in [3.8, 4) is 0 Å². The van der Waals surface area contributed by atoms with E-state index >= 15 is 0 Å². The molecular formula is C40H75NO3. The normalized spacial score (nSPS) is 13.5. The number of carbonyl (C=O) groups is 1. The minimum atomic E-state index is -0.659. The van der Waals surface area contributed by atoms with Crippen molar-refractivity contribution in [2.75, 3.05) is 6.61 Å². The van der Waals surface area contributed by atoms with Crippen LogP contribution in [-0.4, -0.2) is 34.9 Å². The minimum absolute atomic E-state index is 0.0425. The topological polar surface area (TPSA) is 69.6 Å². The van der Waals surface area contributed by atoms with Gasteiger partial charge in [0.15, 0.2) is 0 Å². The van der Waals surface area contributed by atoms with Crippen LogP contribution in [0.15, 0.2) is 36.5 Å². The highest BCUT2D eigenvalue weighted by atomic mass is 16.3. The molecule has 0 bridgehead atoms. The van der Waals surface area contributed by atoms with Crippen LogP contribution in [0.3, 0.4) is 0 Å². The van der Waals surface area contributed by atoms with E-state index in [1.54, 1.807) is 0 Å². The van der Waals surface area contributed by atoms with Gasteiger partial charge in [-0.25, -0.2) is 0 Å². The van der Waals surface area contributed by atoms with Crippen molar-refractivity contribution in [1.29, 1.82) is 0 Å². The molecule has 3 N–H and O–H groups in total. The summed E-state index contributed by atoms with van der Waals surface area (Å²) >= 11 is 0. The lowest BCUT2D eigenvalue weighted by molar-refractivity contribution is -0.123. The number of allylic oxidation sites excluding steroid dienone is 6. The van der Waals surface area contributed by atoms with Crippen LogP contribution in [0.1, 0.15) is 194 Å². The maximum atomic E-state index is 12.3. The van der Waals surface area contributed by atoms with Crippen molar-refractivity contribution in [3.05, 3.63) is 36.5 Å². The molecule has 0 aliphatic rings. The summed E-state index contributed by atoms with van der Waals surface area (Å²) in [6.45, 7) is 4.31. The Balaban J connectivity index is 3.55. The number of aliphatic hydroxyl groups excluding tert-OH is 2. The second-order valence-electron chi connectivity index (χ2n) is 13.0. The number of hydrogen-bond acceptors (Lipinski definition) is 3. The van der Waals surface area contributed by atoms with Crippen LogP contribution in [0.25, 0.3) is 0 Å². The lowest BCUT2D eigenvalue weighted by Gasteiger charge is -2.22. The van der Waals surface area contributed by atoms with Gasteiger partial charge in [0, 0.05) is 6.42 Å². The second-order valence-corrected chi connectivity index (χ2v) is 13.0. The number of aliphatic hydroxyl groups is 2. The fourth-order valence-corrected chi connectivity index (χ4v) is 5.66. The summed E-state index contributed by atoms with van der Waals surface area (Å²) in [7, 11) is 0.